The number of likely N-dealkylation sites (tertiary alicyclic amines) is 1. The molecule has 1 fully saturated rings. The first-order chi connectivity index (χ1) is 11.8. The number of hydrogen-bond acceptors (Lipinski definition) is 5. The highest BCUT2D eigenvalue weighted by molar-refractivity contribution is 7.88. The van der Waals surface area contributed by atoms with Gasteiger partial charge >= 0.3 is 0 Å². The van der Waals surface area contributed by atoms with Gasteiger partial charge in [0.05, 0.1) is 6.26 Å². The number of carbonyl (C=O) groups excluding carboxylic acids is 2. The van der Waals surface area contributed by atoms with Gasteiger partial charge in [-0.2, -0.15) is 11.3 Å². The molecule has 0 atom stereocenters. The van der Waals surface area contributed by atoms with Crippen LogP contribution in [0, 0.1) is 0 Å². The molecule has 2 heterocycles. The maximum Gasteiger partial charge on any atom is 0.252 e. The van der Waals surface area contributed by atoms with Crippen LogP contribution in [0.2, 0.25) is 0 Å². The summed E-state index contributed by atoms with van der Waals surface area (Å²) in [6.45, 7) is 1.61. The van der Waals surface area contributed by atoms with Crippen LogP contribution in [-0.4, -0.2) is 68.4 Å². The largest absolute Gasteiger partial charge is 0.352 e. The van der Waals surface area contributed by atoms with Gasteiger partial charge in [-0.1, -0.05) is 0 Å². The van der Waals surface area contributed by atoms with Crippen molar-refractivity contribution in [2.24, 2.45) is 0 Å². The third-order valence-electron chi connectivity index (χ3n) is 4.49. The Morgan fingerprint density at radius 3 is 2.60 bits per heavy atom. The van der Waals surface area contributed by atoms with E-state index in [0.29, 0.717) is 50.9 Å². The Hall–Kier alpha value is -1.45. The van der Waals surface area contributed by atoms with E-state index in [1.807, 2.05) is 5.38 Å². The first-order valence-electron chi connectivity index (χ1n) is 8.30. The molecule has 2 rings (SSSR count). The van der Waals surface area contributed by atoms with Crippen LogP contribution in [0.25, 0.3) is 0 Å². The molecule has 1 aliphatic rings. The highest BCUT2D eigenvalue weighted by atomic mass is 32.2. The van der Waals surface area contributed by atoms with Crippen molar-refractivity contribution in [3.8, 4) is 0 Å². The van der Waals surface area contributed by atoms with Crippen LogP contribution in [0.4, 0.5) is 0 Å². The number of amides is 2. The van der Waals surface area contributed by atoms with Crippen LogP contribution >= 0.6 is 11.3 Å². The molecule has 0 bridgehead atoms. The summed E-state index contributed by atoms with van der Waals surface area (Å²) in [6.07, 6.45) is 3.50. The summed E-state index contributed by atoms with van der Waals surface area (Å²) in [5.41, 5.74) is 0.647. The normalized spacial score (nSPS) is 16.2. The topological polar surface area (TPSA) is 86.8 Å². The average molecular weight is 388 g/mol. The van der Waals surface area contributed by atoms with E-state index >= 15 is 0 Å². The Bertz CT molecular complexity index is 680. The lowest BCUT2D eigenvalue weighted by atomic mass is 10.0. The van der Waals surface area contributed by atoms with E-state index in [0.717, 1.165) is 0 Å². The zero-order valence-corrected chi connectivity index (χ0v) is 16.2. The van der Waals surface area contributed by atoms with E-state index in [1.165, 1.54) is 21.9 Å². The molecule has 1 aromatic rings. The van der Waals surface area contributed by atoms with Gasteiger partial charge in [0.1, 0.15) is 0 Å². The fraction of sp³-hybridized carbons (Fsp3) is 0.625. The monoisotopic (exact) mass is 387 g/mol. The zero-order valence-electron chi connectivity index (χ0n) is 14.6. The first kappa shape index (κ1) is 19.9. The summed E-state index contributed by atoms with van der Waals surface area (Å²) in [4.78, 5) is 25.8. The Kier molecular flexibility index (Phi) is 6.97. The molecular weight excluding hydrogens is 362 g/mol. The predicted molar refractivity (Wildman–Crippen MR) is 98.1 cm³/mol. The van der Waals surface area contributed by atoms with E-state index in [4.69, 9.17) is 0 Å². The molecule has 1 aliphatic heterocycles. The fourth-order valence-electron chi connectivity index (χ4n) is 2.85. The SMILES string of the molecule is CN(C1CCN(C(=O)CCCNC(=O)c2ccsc2)CC1)S(C)(=O)=O. The van der Waals surface area contributed by atoms with Crippen LogP contribution in [-0.2, 0) is 14.8 Å². The summed E-state index contributed by atoms with van der Waals surface area (Å²) in [6, 6.07) is 1.73. The van der Waals surface area contributed by atoms with E-state index < -0.39 is 10.0 Å². The van der Waals surface area contributed by atoms with Gasteiger partial charge in [-0.15, -0.1) is 0 Å². The molecule has 0 aliphatic carbocycles. The van der Waals surface area contributed by atoms with Crippen molar-refractivity contribution in [3.05, 3.63) is 22.4 Å². The lowest BCUT2D eigenvalue weighted by Gasteiger charge is -2.35. The molecular formula is C16H25N3O4S2. The molecule has 0 spiro atoms. The van der Waals surface area contributed by atoms with Gasteiger partial charge in [0.2, 0.25) is 15.9 Å². The van der Waals surface area contributed by atoms with E-state index in [-0.39, 0.29) is 17.9 Å². The lowest BCUT2D eigenvalue weighted by molar-refractivity contribution is -0.132. The Balaban J connectivity index is 1.66. The second kappa shape index (κ2) is 8.77. The van der Waals surface area contributed by atoms with E-state index in [1.54, 1.807) is 23.4 Å². The van der Waals surface area contributed by atoms with E-state index in [9.17, 15) is 18.0 Å². The van der Waals surface area contributed by atoms with Crippen LogP contribution < -0.4 is 5.32 Å². The molecule has 9 heteroatoms. The van der Waals surface area contributed by atoms with Gasteiger partial charge in [-0.05, 0) is 30.7 Å². The van der Waals surface area contributed by atoms with Crippen LogP contribution in [0.1, 0.15) is 36.0 Å². The summed E-state index contributed by atoms with van der Waals surface area (Å²) < 4.78 is 24.5. The maximum absolute atomic E-state index is 12.2. The summed E-state index contributed by atoms with van der Waals surface area (Å²) in [5, 5.41) is 6.45. The van der Waals surface area contributed by atoms with Crippen LogP contribution in [0.15, 0.2) is 16.8 Å². The minimum absolute atomic E-state index is 0.0380. The number of nitrogens with one attached hydrogen (secondary N) is 1. The Morgan fingerprint density at radius 2 is 2.04 bits per heavy atom. The molecule has 0 aromatic carbocycles. The summed E-state index contributed by atoms with van der Waals surface area (Å²) >= 11 is 1.47. The number of piperidine rings is 1. The van der Waals surface area contributed by atoms with Gasteiger partial charge in [0.25, 0.3) is 5.91 Å². The van der Waals surface area contributed by atoms with Crippen LogP contribution in [0.3, 0.4) is 0 Å². The predicted octanol–water partition coefficient (Wildman–Crippen LogP) is 1.14. The van der Waals surface area contributed by atoms with Gasteiger partial charge in [0, 0.05) is 50.1 Å². The van der Waals surface area contributed by atoms with Gasteiger partial charge in [0.15, 0.2) is 0 Å². The number of rotatable bonds is 7. The maximum atomic E-state index is 12.2. The quantitative estimate of drug-likeness (QED) is 0.711. The third-order valence-corrected chi connectivity index (χ3v) is 6.52. The molecule has 0 saturated carbocycles. The summed E-state index contributed by atoms with van der Waals surface area (Å²) in [7, 11) is -1.60. The molecule has 7 nitrogen and oxygen atoms in total. The fourth-order valence-corrected chi connectivity index (χ4v) is 4.23. The zero-order chi connectivity index (χ0) is 18.4. The van der Waals surface area contributed by atoms with E-state index in [2.05, 4.69) is 5.32 Å². The number of thiophene rings is 1. The van der Waals surface area contributed by atoms with Crippen LogP contribution in [0.5, 0.6) is 0 Å². The second-order valence-electron chi connectivity index (χ2n) is 6.26. The van der Waals surface area contributed by atoms with Crippen molar-refractivity contribution in [2.75, 3.05) is 32.9 Å². The Morgan fingerprint density at radius 1 is 1.36 bits per heavy atom. The molecule has 0 unspecified atom stereocenters. The molecule has 140 valence electrons. The highest BCUT2D eigenvalue weighted by Crippen LogP contribution is 2.18. The number of nitrogens with zero attached hydrogens (tertiary/aromatic N) is 2. The smallest absolute Gasteiger partial charge is 0.252 e. The van der Waals surface area contributed by atoms with Crippen molar-refractivity contribution in [1.82, 2.24) is 14.5 Å². The average Bonchev–Trinajstić information content (AvgIpc) is 3.11. The molecule has 25 heavy (non-hydrogen) atoms. The summed E-state index contributed by atoms with van der Waals surface area (Å²) in [5.74, 6) is -0.0523. The number of hydrogen-bond donors (Lipinski definition) is 1. The first-order valence-corrected chi connectivity index (χ1v) is 11.1. The standard InChI is InChI=1S/C16H25N3O4S2/c1-18(25(2,22)23)14-5-9-19(10-6-14)15(20)4-3-8-17-16(21)13-7-11-24-12-13/h7,11-12,14H,3-6,8-10H2,1-2H3,(H,17,21). The van der Waals surface area contributed by atoms with Crippen molar-refractivity contribution >= 4 is 33.2 Å². The molecule has 1 saturated heterocycles. The highest BCUT2D eigenvalue weighted by Gasteiger charge is 2.28. The minimum Gasteiger partial charge on any atom is -0.352 e. The minimum atomic E-state index is -3.19. The number of sulfonamides is 1. The van der Waals surface area contributed by atoms with Crippen molar-refractivity contribution < 1.29 is 18.0 Å². The molecule has 2 amide bonds. The number of carbonyl (C=O) groups is 2. The molecule has 1 aromatic heterocycles. The van der Waals surface area contributed by atoms with Gasteiger partial charge in [-0.3, -0.25) is 9.59 Å². The van der Waals surface area contributed by atoms with Gasteiger partial charge in [-0.25, -0.2) is 12.7 Å². The lowest BCUT2D eigenvalue weighted by Crippen LogP contribution is -2.47. The van der Waals surface area contributed by atoms with Crippen molar-refractivity contribution in [2.45, 2.75) is 31.7 Å². The molecule has 1 N–H and O–H groups in total. The third kappa shape index (κ3) is 5.79. The van der Waals surface area contributed by atoms with Crippen molar-refractivity contribution in [1.29, 1.82) is 0 Å². The Labute approximate surface area is 153 Å². The van der Waals surface area contributed by atoms with Gasteiger partial charge < -0.3 is 10.2 Å². The molecule has 0 radical (unpaired) electrons. The second-order valence-corrected chi connectivity index (χ2v) is 9.08. The van der Waals surface area contributed by atoms with Crippen molar-refractivity contribution in [3.63, 3.8) is 0 Å².